The van der Waals surface area contributed by atoms with Crippen molar-refractivity contribution in [3.8, 4) is 6.07 Å². The van der Waals surface area contributed by atoms with Crippen LogP contribution >= 0.6 is 0 Å². The third-order valence-corrected chi connectivity index (χ3v) is 5.82. The largest absolute Gasteiger partial charge is 0.494 e. The molecule has 1 unspecified atom stereocenters. The van der Waals surface area contributed by atoms with E-state index in [1.165, 1.54) is 17.0 Å². The molecule has 0 amide bonds. The molecule has 6 nitrogen and oxygen atoms in total. The number of carbonyl (C=O) groups is 1. The zero-order valence-corrected chi connectivity index (χ0v) is 19.9. The van der Waals surface area contributed by atoms with Gasteiger partial charge in [0.25, 0.3) is 0 Å². The Morgan fingerprint density at radius 2 is 1.86 bits per heavy atom. The van der Waals surface area contributed by atoms with Gasteiger partial charge in [0.15, 0.2) is 0 Å². The number of hydrogen-bond acceptors (Lipinski definition) is 5. The normalized spacial score (nSPS) is 16.1. The third kappa shape index (κ3) is 5.08. The lowest BCUT2D eigenvalue weighted by Crippen LogP contribution is -2.38. The average molecular weight is 498 g/mol. The van der Waals surface area contributed by atoms with Crippen LogP contribution in [-0.2, 0) is 15.7 Å². The second-order valence-electron chi connectivity index (χ2n) is 8.12. The first-order chi connectivity index (χ1) is 17.0. The molecule has 0 radical (unpaired) electrons. The highest BCUT2D eigenvalue weighted by atomic mass is 19.4. The highest BCUT2D eigenvalue weighted by Gasteiger charge is 2.41. The van der Waals surface area contributed by atoms with Crippen LogP contribution in [0.2, 0.25) is 0 Å². The number of benzene rings is 2. The summed E-state index contributed by atoms with van der Waals surface area (Å²) in [5.74, 6) is -2.04. The second kappa shape index (κ2) is 10.6. The molecule has 1 atom stereocenters. The van der Waals surface area contributed by atoms with E-state index in [1.54, 1.807) is 31.2 Å². The number of carboxylic acid groups (broad SMARTS) is 1. The summed E-state index contributed by atoms with van der Waals surface area (Å²) in [7, 11) is 0. The van der Waals surface area contributed by atoms with Crippen molar-refractivity contribution in [2.75, 3.05) is 11.5 Å². The number of allylic oxidation sites excluding steroid dienone is 2. The van der Waals surface area contributed by atoms with Gasteiger partial charge in [0.1, 0.15) is 11.6 Å². The van der Waals surface area contributed by atoms with Crippen molar-refractivity contribution in [3.05, 3.63) is 100 Å². The number of anilines is 1. The number of rotatable bonds is 8. The van der Waals surface area contributed by atoms with Crippen molar-refractivity contribution < 1.29 is 27.8 Å². The molecular formula is C27H26F3N3O3. The maximum Gasteiger partial charge on any atom is 0.416 e. The van der Waals surface area contributed by atoms with Crippen LogP contribution in [0.15, 0.2) is 83.5 Å². The van der Waals surface area contributed by atoms with Crippen LogP contribution < -0.4 is 10.6 Å². The van der Waals surface area contributed by atoms with Crippen molar-refractivity contribution in [1.82, 2.24) is 0 Å². The molecule has 3 N–H and O–H groups in total. The molecule has 1 aliphatic heterocycles. The van der Waals surface area contributed by atoms with Gasteiger partial charge in [0.05, 0.1) is 35.3 Å². The predicted octanol–water partition coefficient (Wildman–Crippen LogP) is 6.04. The van der Waals surface area contributed by atoms with Gasteiger partial charge in [-0.2, -0.15) is 18.4 Å². The van der Waals surface area contributed by atoms with E-state index in [-0.39, 0.29) is 47.1 Å². The summed E-state index contributed by atoms with van der Waals surface area (Å²) in [5.41, 5.74) is 7.17. The van der Waals surface area contributed by atoms with E-state index in [1.807, 2.05) is 13.0 Å². The zero-order valence-electron chi connectivity index (χ0n) is 19.9. The first kappa shape index (κ1) is 26.4. The summed E-state index contributed by atoms with van der Waals surface area (Å²) in [5, 5.41) is 19.6. The van der Waals surface area contributed by atoms with E-state index in [0.717, 1.165) is 12.1 Å². The van der Waals surface area contributed by atoms with Crippen molar-refractivity contribution in [3.63, 3.8) is 0 Å². The van der Waals surface area contributed by atoms with Crippen LogP contribution in [0.1, 0.15) is 49.3 Å². The van der Waals surface area contributed by atoms with Gasteiger partial charge in [0.2, 0.25) is 0 Å². The maximum atomic E-state index is 13.5. The van der Waals surface area contributed by atoms with Crippen LogP contribution in [0.4, 0.5) is 18.9 Å². The lowest BCUT2D eigenvalue weighted by molar-refractivity contribution is -0.137. The van der Waals surface area contributed by atoms with Crippen LogP contribution in [-0.4, -0.2) is 17.7 Å². The number of halogens is 3. The minimum absolute atomic E-state index is 0.0237. The number of nitrogens with zero attached hydrogens (tertiary/aromatic N) is 2. The molecule has 1 aliphatic rings. The van der Waals surface area contributed by atoms with Gasteiger partial charge in [-0.15, -0.1) is 0 Å². The molecule has 0 fully saturated rings. The fourth-order valence-corrected chi connectivity index (χ4v) is 4.33. The Morgan fingerprint density at radius 1 is 1.19 bits per heavy atom. The van der Waals surface area contributed by atoms with Gasteiger partial charge in [-0.05, 0) is 49.2 Å². The van der Waals surface area contributed by atoms with Crippen LogP contribution in [0.3, 0.4) is 0 Å². The lowest BCUT2D eigenvalue weighted by atomic mass is 9.79. The van der Waals surface area contributed by atoms with Crippen LogP contribution in [0.5, 0.6) is 0 Å². The topological polar surface area (TPSA) is 99.6 Å². The first-order valence-corrected chi connectivity index (χ1v) is 11.3. The summed E-state index contributed by atoms with van der Waals surface area (Å²) in [6.07, 6.45) is -3.85. The highest BCUT2D eigenvalue weighted by Crippen LogP contribution is 2.46. The van der Waals surface area contributed by atoms with E-state index in [0.29, 0.717) is 17.5 Å². The zero-order chi connectivity index (χ0) is 26.6. The number of nitriles is 1. The summed E-state index contributed by atoms with van der Waals surface area (Å²) in [4.78, 5) is 14.1. The molecular weight excluding hydrogens is 471 g/mol. The number of carboxylic acids is 1. The molecule has 0 aromatic heterocycles. The third-order valence-electron chi connectivity index (χ3n) is 5.82. The van der Waals surface area contributed by atoms with E-state index < -0.39 is 23.6 Å². The summed E-state index contributed by atoms with van der Waals surface area (Å²) in [6, 6.07) is 13.0. The SMILES string of the molecule is C=C(OCC)C1=C(N)N(c2cccc(C(F)(F)F)c2)C(CCC)=C(C(=O)O)C1c1ccc(C#N)cc1. The Balaban J connectivity index is 2.38. The molecule has 0 bridgehead atoms. The molecule has 188 valence electrons. The number of hydrogen-bond donors (Lipinski definition) is 2. The van der Waals surface area contributed by atoms with E-state index in [2.05, 4.69) is 6.58 Å². The van der Waals surface area contributed by atoms with E-state index >= 15 is 0 Å². The molecule has 2 aromatic carbocycles. The van der Waals surface area contributed by atoms with Gasteiger partial charge < -0.3 is 15.6 Å². The molecule has 0 saturated carbocycles. The minimum Gasteiger partial charge on any atom is -0.494 e. The average Bonchev–Trinajstić information content (AvgIpc) is 2.83. The van der Waals surface area contributed by atoms with Gasteiger partial charge in [-0.3, -0.25) is 4.90 Å². The molecule has 3 rings (SSSR count). The molecule has 2 aromatic rings. The molecule has 0 saturated heterocycles. The summed E-state index contributed by atoms with van der Waals surface area (Å²) in [6.45, 7) is 7.72. The Morgan fingerprint density at radius 3 is 2.39 bits per heavy atom. The molecule has 9 heteroatoms. The Kier molecular flexibility index (Phi) is 7.78. The van der Waals surface area contributed by atoms with E-state index in [4.69, 9.17) is 10.5 Å². The fourth-order valence-electron chi connectivity index (χ4n) is 4.33. The van der Waals surface area contributed by atoms with Gasteiger partial charge in [0, 0.05) is 17.0 Å². The maximum absolute atomic E-state index is 13.5. The van der Waals surface area contributed by atoms with Crippen LogP contribution in [0, 0.1) is 11.3 Å². The Hall–Kier alpha value is -4.19. The van der Waals surface area contributed by atoms with Crippen molar-refractivity contribution >= 4 is 11.7 Å². The Labute approximate surface area is 207 Å². The van der Waals surface area contributed by atoms with E-state index in [9.17, 15) is 28.3 Å². The number of ether oxygens (including phenoxy) is 1. The van der Waals surface area contributed by atoms with Gasteiger partial charge in [-0.1, -0.05) is 38.1 Å². The fraction of sp³-hybridized carbons (Fsp3) is 0.259. The summed E-state index contributed by atoms with van der Waals surface area (Å²) >= 11 is 0. The molecule has 0 spiro atoms. The van der Waals surface area contributed by atoms with Gasteiger partial charge in [-0.25, -0.2) is 4.79 Å². The monoisotopic (exact) mass is 497 g/mol. The quantitative estimate of drug-likeness (QED) is 0.432. The molecule has 0 aliphatic carbocycles. The molecule has 36 heavy (non-hydrogen) atoms. The highest BCUT2D eigenvalue weighted by molar-refractivity contribution is 5.93. The Bertz CT molecular complexity index is 1270. The van der Waals surface area contributed by atoms with Crippen molar-refractivity contribution in [1.29, 1.82) is 5.26 Å². The smallest absolute Gasteiger partial charge is 0.416 e. The standard InChI is InChI=1S/C27H26F3N3O3/c1-4-7-21-24(26(34)35)23(18-12-10-17(15-31)11-13-18)22(16(3)36-5-2)25(32)33(21)20-9-6-8-19(14-20)27(28,29)30/h6,8-14,23H,3-5,7,32H2,1-2H3,(H,34,35). The summed E-state index contributed by atoms with van der Waals surface area (Å²) < 4.78 is 46.2. The number of nitrogens with two attached hydrogens (primary N) is 1. The minimum atomic E-state index is -4.60. The first-order valence-electron chi connectivity index (χ1n) is 11.3. The van der Waals surface area contributed by atoms with Crippen molar-refractivity contribution in [2.45, 2.75) is 38.8 Å². The second-order valence-corrected chi connectivity index (χ2v) is 8.12. The lowest BCUT2D eigenvalue weighted by Gasteiger charge is -2.39. The number of alkyl halides is 3. The van der Waals surface area contributed by atoms with Crippen molar-refractivity contribution in [2.24, 2.45) is 5.73 Å². The number of aliphatic carboxylic acids is 1. The van der Waals surface area contributed by atoms with Crippen LogP contribution in [0.25, 0.3) is 0 Å². The predicted molar refractivity (Wildman–Crippen MR) is 129 cm³/mol. The molecule has 1 heterocycles. The van der Waals surface area contributed by atoms with Gasteiger partial charge >= 0.3 is 12.1 Å².